The highest BCUT2D eigenvalue weighted by molar-refractivity contribution is 6.32. The second-order valence-corrected chi connectivity index (χ2v) is 6.52. The van der Waals surface area contributed by atoms with Crippen molar-refractivity contribution in [1.29, 1.82) is 0 Å². The van der Waals surface area contributed by atoms with Crippen LogP contribution in [-0.2, 0) is 18.9 Å². The first-order chi connectivity index (χ1) is 14.4. The number of halogens is 8. The summed E-state index contributed by atoms with van der Waals surface area (Å²) >= 11 is 5.95. The number of hydrogen-bond donors (Lipinski definition) is 1. The van der Waals surface area contributed by atoms with Crippen molar-refractivity contribution in [3.8, 4) is 5.82 Å². The van der Waals surface area contributed by atoms with E-state index in [1.807, 2.05) is 0 Å². The smallest absolute Gasteiger partial charge is 0.378 e. The molecule has 164 valence electrons. The molecule has 1 N–H and O–H groups in total. The lowest BCUT2D eigenvalue weighted by molar-refractivity contribution is -0.139. The van der Waals surface area contributed by atoms with Crippen LogP contribution in [0.25, 0.3) is 5.82 Å². The zero-order valence-electron chi connectivity index (χ0n) is 15.0. The van der Waals surface area contributed by atoms with E-state index in [1.54, 1.807) is 0 Å². The van der Waals surface area contributed by atoms with Gasteiger partial charge in [0.05, 0.1) is 23.0 Å². The van der Waals surface area contributed by atoms with Crippen molar-refractivity contribution in [2.24, 2.45) is 0 Å². The quantitative estimate of drug-likeness (QED) is 0.545. The van der Waals surface area contributed by atoms with Crippen LogP contribution >= 0.6 is 11.6 Å². The van der Waals surface area contributed by atoms with Crippen LogP contribution in [0.4, 0.5) is 36.4 Å². The molecule has 5 nitrogen and oxygen atoms in total. The average molecular weight is 467 g/mol. The van der Waals surface area contributed by atoms with Gasteiger partial charge in [0.2, 0.25) is 0 Å². The van der Waals surface area contributed by atoms with E-state index in [2.05, 4.69) is 15.4 Å². The molecule has 0 fully saturated rings. The fraction of sp³-hybridized carbons (Fsp3) is 0.167. The number of benzene rings is 1. The molecule has 2 aromatic heterocycles. The fourth-order valence-corrected chi connectivity index (χ4v) is 2.75. The summed E-state index contributed by atoms with van der Waals surface area (Å²) in [4.78, 5) is 15.9. The van der Waals surface area contributed by atoms with Crippen LogP contribution < -0.4 is 10.9 Å². The molecule has 13 heteroatoms. The Morgan fingerprint density at radius 1 is 1.00 bits per heavy atom. The minimum absolute atomic E-state index is 0.132. The third-order valence-electron chi connectivity index (χ3n) is 4.06. The van der Waals surface area contributed by atoms with Gasteiger partial charge in [0, 0.05) is 12.7 Å². The molecule has 0 atom stereocenters. The lowest BCUT2D eigenvalue weighted by atomic mass is 10.1. The van der Waals surface area contributed by atoms with E-state index in [9.17, 15) is 35.5 Å². The van der Waals surface area contributed by atoms with Gasteiger partial charge in [-0.15, -0.1) is 0 Å². The highest BCUT2D eigenvalue weighted by atomic mass is 35.5. The van der Waals surface area contributed by atoms with E-state index in [-0.39, 0.29) is 17.1 Å². The van der Waals surface area contributed by atoms with Crippen molar-refractivity contribution in [3.05, 3.63) is 80.6 Å². The molecule has 0 saturated heterocycles. The zero-order chi connectivity index (χ0) is 23.0. The van der Waals surface area contributed by atoms with Crippen LogP contribution in [-0.4, -0.2) is 14.8 Å². The van der Waals surface area contributed by atoms with Gasteiger partial charge in [-0.3, -0.25) is 4.79 Å². The number of anilines is 1. The van der Waals surface area contributed by atoms with E-state index in [0.29, 0.717) is 23.0 Å². The minimum Gasteiger partial charge on any atom is -0.378 e. The first kappa shape index (κ1) is 22.5. The maximum Gasteiger partial charge on any atom is 0.417 e. The molecule has 2 heterocycles. The van der Waals surface area contributed by atoms with Gasteiger partial charge >= 0.3 is 12.4 Å². The minimum atomic E-state index is -4.81. The topological polar surface area (TPSA) is 59.8 Å². The summed E-state index contributed by atoms with van der Waals surface area (Å²) in [5.74, 6) is -1.31. The predicted molar refractivity (Wildman–Crippen MR) is 96.4 cm³/mol. The predicted octanol–water partition coefficient (Wildman–Crippen LogP) is 5.07. The third kappa shape index (κ3) is 4.95. The number of nitrogens with one attached hydrogen (secondary N) is 1. The number of rotatable bonds is 4. The number of aromatic nitrogens is 3. The number of pyridine rings is 1. The Balaban J connectivity index is 1.86. The Labute approximate surface area is 174 Å². The van der Waals surface area contributed by atoms with Gasteiger partial charge in [-0.25, -0.2) is 9.37 Å². The fourth-order valence-electron chi connectivity index (χ4n) is 2.56. The van der Waals surface area contributed by atoms with Gasteiger partial charge in [-0.05, 0) is 29.8 Å². The van der Waals surface area contributed by atoms with E-state index >= 15 is 0 Å². The molecule has 1 aromatic carbocycles. The Kier molecular flexibility index (Phi) is 5.94. The Morgan fingerprint density at radius 2 is 1.71 bits per heavy atom. The molecule has 3 aromatic rings. The number of nitrogens with zero attached hydrogens (tertiary/aromatic N) is 3. The molecule has 0 aliphatic carbocycles. The molecule has 31 heavy (non-hydrogen) atoms. The summed E-state index contributed by atoms with van der Waals surface area (Å²) in [6.45, 7) is -0.460. The summed E-state index contributed by atoms with van der Waals surface area (Å²) in [6, 6.07) is 3.73. The van der Waals surface area contributed by atoms with E-state index < -0.39 is 46.4 Å². The second-order valence-electron chi connectivity index (χ2n) is 6.14. The highest BCUT2D eigenvalue weighted by Crippen LogP contribution is 2.33. The molecule has 0 bridgehead atoms. The number of hydrogen-bond acceptors (Lipinski definition) is 4. The lowest BCUT2D eigenvalue weighted by Gasteiger charge is -2.15. The first-order valence-corrected chi connectivity index (χ1v) is 8.66. The van der Waals surface area contributed by atoms with Crippen LogP contribution in [0.1, 0.15) is 16.7 Å². The van der Waals surface area contributed by atoms with Gasteiger partial charge in [0.1, 0.15) is 10.8 Å². The molecule has 0 saturated carbocycles. The molecule has 0 spiro atoms. The van der Waals surface area contributed by atoms with Gasteiger partial charge in [-0.1, -0.05) is 17.7 Å². The monoisotopic (exact) mass is 466 g/mol. The SMILES string of the molecule is O=c1c(Cl)c(NCc2ccc(F)cc2C(F)(F)F)cnn1-c1ccc(C(F)(F)F)cn1. The molecule has 0 aliphatic rings. The zero-order valence-corrected chi connectivity index (χ0v) is 15.8. The van der Waals surface area contributed by atoms with Gasteiger partial charge < -0.3 is 5.32 Å². The average Bonchev–Trinajstić information content (AvgIpc) is 2.68. The van der Waals surface area contributed by atoms with Crippen LogP contribution in [0.2, 0.25) is 5.02 Å². The summed E-state index contributed by atoms with van der Waals surface area (Å²) in [7, 11) is 0. The Hall–Kier alpha value is -3.15. The van der Waals surface area contributed by atoms with Crippen molar-refractivity contribution < 1.29 is 30.7 Å². The van der Waals surface area contributed by atoms with Crippen LogP contribution in [0.3, 0.4) is 0 Å². The number of alkyl halides is 6. The van der Waals surface area contributed by atoms with Crippen molar-refractivity contribution in [1.82, 2.24) is 14.8 Å². The maximum atomic E-state index is 13.2. The molecule has 0 aliphatic heterocycles. The lowest BCUT2D eigenvalue weighted by Crippen LogP contribution is -2.24. The van der Waals surface area contributed by atoms with Gasteiger partial charge in [0.25, 0.3) is 5.56 Å². The summed E-state index contributed by atoms with van der Waals surface area (Å²) in [5.41, 5.74) is -3.64. The van der Waals surface area contributed by atoms with Crippen LogP contribution in [0.5, 0.6) is 0 Å². The van der Waals surface area contributed by atoms with E-state index in [0.717, 1.165) is 24.4 Å². The normalized spacial score (nSPS) is 12.1. The summed E-state index contributed by atoms with van der Waals surface area (Å²) < 4.78 is 90.9. The van der Waals surface area contributed by atoms with Crippen LogP contribution in [0, 0.1) is 5.82 Å². The van der Waals surface area contributed by atoms with Crippen molar-refractivity contribution in [3.63, 3.8) is 0 Å². The van der Waals surface area contributed by atoms with Crippen molar-refractivity contribution in [2.45, 2.75) is 18.9 Å². The van der Waals surface area contributed by atoms with E-state index in [4.69, 9.17) is 11.6 Å². The standard InChI is InChI=1S/C18H10ClF7N4O/c19-15-13(27-6-9-1-3-11(20)5-12(9)18(24,25)26)8-29-30(16(15)31)14-4-2-10(7-28-14)17(21,22)23/h1-5,7-8,27H,6H2. The molecule has 0 amide bonds. The van der Waals surface area contributed by atoms with Gasteiger partial charge in [0.15, 0.2) is 5.82 Å². The van der Waals surface area contributed by atoms with Crippen LogP contribution in [0.15, 0.2) is 47.5 Å². The molecule has 3 rings (SSSR count). The summed E-state index contributed by atoms with van der Waals surface area (Å²) in [6.07, 6.45) is -7.92. The molecule has 0 radical (unpaired) electrons. The Bertz CT molecular complexity index is 1160. The first-order valence-electron chi connectivity index (χ1n) is 8.29. The van der Waals surface area contributed by atoms with E-state index in [1.165, 1.54) is 0 Å². The van der Waals surface area contributed by atoms with Crippen molar-refractivity contribution >= 4 is 17.3 Å². The molecular formula is C18H10ClF7N4O. The van der Waals surface area contributed by atoms with Gasteiger partial charge in [-0.2, -0.15) is 36.1 Å². The third-order valence-corrected chi connectivity index (χ3v) is 4.42. The second kappa shape index (κ2) is 8.17. The van der Waals surface area contributed by atoms with Crippen molar-refractivity contribution in [2.75, 3.05) is 5.32 Å². The Morgan fingerprint density at radius 3 is 2.29 bits per heavy atom. The summed E-state index contributed by atoms with van der Waals surface area (Å²) in [5, 5.41) is 5.76. The largest absolute Gasteiger partial charge is 0.417 e. The maximum absolute atomic E-state index is 13.2. The highest BCUT2D eigenvalue weighted by Gasteiger charge is 2.34. The molecule has 0 unspecified atom stereocenters. The molecular weight excluding hydrogens is 457 g/mol.